The van der Waals surface area contributed by atoms with E-state index in [9.17, 15) is 26.4 Å². The number of piperidine rings is 2. The summed E-state index contributed by atoms with van der Waals surface area (Å²) >= 11 is 13.1. The molecule has 0 unspecified atom stereocenters. The predicted octanol–water partition coefficient (Wildman–Crippen LogP) is 9.17. The molecule has 0 radical (unpaired) electrons. The van der Waals surface area contributed by atoms with Crippen molar-refractivity contribution in [3.8, 4) is 11.5 Å². The number of urea groups is 1. The van der Waals surface area contributed by atoms with Crippen LogP contribution >= 0.6 is 23.2 Å². The summed E-state index contributed by atoms with van der Waals surface area (Å²) in [5.41, 5.74) is 7.06. The van der Waals surface area contributed by atoms with E-state index in [-0.39, 0.29) is 71.4 Å². The molecule has 2 amide bonds. The second-order valence-electron chi connectivity index (χ2n) is 24.8. The van der Waals surface area contributed by atoms with Crippen molar-refractivity contribution in [1.29, 1.82) is 0 Å². The second-order valence-corrected chi connectivity index (χ2v) is 29.6. The van der Waals surface area contributed by atoms with Crippen LogP contribution in [0.5, 0.6) is 11.5 Å². The number of nitrogens with zero attached hydrogens (tertiary/aromatic N) is 4. The molecule has 498 valence electrons. The smallest absolute Gasteiger partial charge is 0.314 e. The minimum Gasteiger partial charge on any atom is -0.484 e. The number of sulfonamides is 1. The molecule has 4 aliphatic rings. The zero-order valence-electron chi connectivity index (χ0n) is 53.7. The Morgan fingerprint density at radius 1 is 0.556 bits per heavy atom. The number of hydrogen-bond donors (Lipinski definition) is 3. The first-order chi connectivity index (χ1) is 43.3. The summed E-state index contributed by atoms with van der Waals surface area (Å²) in [4.78, 5) is 34.7. The van der Waals surface area contributed by atoms with Gasteiger partial charge in [0.1, 0.15) is 29.5 Å². The van der Waals surface area contributed by atoms with Gasteiger partial charge in [-0.05, 0) is 226 Å². The third kappa shape index (κ3) is 21.0. The molecule has 2 aliphatic heterocycles. The molecule has 0 bridgehead atoms. The molecular formula is C67H97Cl2N7O12S2. The fourth-order valence-electron chi connectivity index (χ4n) is 12.8. The molecule has 23 heteroatoms. The van der Waals surface area contributed by atoms with Crippen molar-refractivity contribution in [2.75, 3.05) is 133 Å². The van der Waals surface area contributed by atoms with Gasteiger partial charge in [-0.3, -0.25) is 14.6 Å². The number of fused-ring (bicyclic) bond motifs is 2. The van der Waals surface area contributed by atoms with E-state index in [2.05, 4.69) is 77.0 Å². The van der Waals surface area contributed by atoms with Crippen molar-refractivity contribution in [1.82, 2.24) is 35.0 Å². The van der Waals surface area contributed by atoms with Crippen LogP contribution in [-0.4, -0.2) is 205 Å². The number of rotatable bonds is 37. The Balaban J connectivity index is 0.588. The number of carbonyl (C=O) groups is 2. The number of likely N-dealkylation sites (N-methyl/N-ethyl adjacent to an activating group) is 2. The third-order valence-electron chi connectivity index (χ3n) is 17.9. The van der Waals surface area contributed by atoms with Crippen molar-refractivity contribution in [2.24, 2.45) is 0 Å². The summed E-state index contributed by atoms with van der Waals surface area (Å²) in [6, 6.07) is 22.3. The van der Waals surface area contributed by atoms with Gasteiger partial charge in [-0.25, -0.2) is 26.4 Å². The first-order valence-electron chi connectivity index (χ1n) is 32.3. The number of aryl methyl sites for hydroxylation is 2. The largest absolute Gasteiger partial charge is 0.484 e. The zero-order chi connectivity index (χ0) is 64.2. The number of halogens is 2. The number of likely N-dealkylation sites (tertiary alicyclic amines) is 2. The first kappa shape index (κ1) is 71.4. The van der Waals surface area contributed by atoms with Gasteiger partial charge in [-0.1, -0.05) is 29.6 Å². The van der Waals surface area contributed by atoms with E-state index in [0.29, 0.717) is 112 Å². The lowest BCUT2D eigenvalue weighted by molar-refractivity contribution is -0.119. The molecule has 4 aromatic rings. The molecule has 90 heavy (non-hydrogen) atoms. The monoisotopic (exact) mass is 1330 g/mol. The van der Waals surface area contributed by atoms with E-state index in [0.717, 1.165) is 93.4 Å². The highest BCUT2D eigenvalue weighted by molar-refractivity contribution is 7.91. The zero-order valence-corrected chi connectivity index (χ0v) is 56.8. The van der Waals surface area contributed by atoms with Crippen molar-refractivity contribution < 1.29 is 54.8 Å². The number of amides is 2. The molecule has 0 saturated carbocycles. The van der Waals surface area contributed by atoms with E-state index in [1.807, 2.05) is 24.3 Å². The Morgan fingerprint density at radius 3 is 1.54 bits per heavy atom. The first-order valence-corrected chi connectivity index (χ1v) is 36.1. The normalized spacial score (nSPS) is 20.6. The molecule has 0 aromatic heterocycles. The number of nitrogens with one attached hydrogen (secondary N) is 3. The van der Waals surface area contributed by atoms with Crippen LogP contribution in [0.4, 0.5) is 4.79 Å². The molecule has 2 fully saturated rings. The van der Waals surface area contributed by atoms with Crippen LogP contribution in [0.2, 0.25) is 10.0 Å². The van der Waals surface area contributed by atoms with Gasteiger partial charge in [0, 0.05) is 80.9 Å². The molecular weight excluding hydrogens is 1230 g/mol. The maximum absolute atomic E-state index is 13.2. The van der Waals surface area contributed by atoms with E-state index in [1.54, 1.807) is 48.5 Å². The van der Waals surface area contributed by atoms with Gasteiger partial charge < -0.3 is 48.9 Å². The van der Waals surface area contributed by atoms with Crippen LogP contribution in [0.25, 0.3) is 0 Å². The molecule has 2 heterocycles. The lowest BCUT2D eigenvalue weighted by atomic mass is 10.0. The van der Waals surface area contributed by atoms with E-state index < -0.39 is 19.9 Å². The van der Waals surface area contributed by atoms with E-state index >= 15 is 0 Å². The molecule has 0 spiro atoms. The maximum Gasteiger partial charge on any atom is 0.314 e. The van der Waals surface area contributed by atoms with Crippen LogP contribution in [0.1, 0.15) is 116 Å². The Bertz CT molecular complexity index is 2950. The van der Waals surface area contributed by atoms with Crippen LogP contribution in [0.15, 0.2) is 82.6 Å². The number of sulfone groups is 1. The number of hydrogen-bond acceptors (Lipinski definition) is 16. The summed E-state index contributed by atoms with van der Waals surface area (Å²) in [5, 5.41) is 6.96. The van der Waals surface area contributed by atoms with E-state index in [1.165, 1.54) is 24.0 Å². The van der Waals surface area contributed by atoms with Crippen molar-refractivity contribution in [3.63, 3.8) is 0 Å². The number of Topliss-reactive ketones (excluding diaryl/α,β-unsaturated/α-hetero) is 1. The molecule has 19 nitrogen and oxygen atoms in total. The van der Waals surface area contributed by atoms with Gasteiger partial charge in [0.25, 0.3) is 0 Å². The predicted molar refractivity (Wildman–Crippen MR) is 353 cm³/mol. The fourth-order valence-corrected chi connectivity index (χ4v) is 15.7. The minimum atomic E-state index is -3.78. The van der Waals surface area contributed by atoms with Crippen LogP contribution in [-0.2, 0) is 56.4 Å². The van der Waals surface area contributed by atoms with Gasteiger partial charge in [-0.15, -0.1) is 0 Å². The van der Waals surface area contributed by atoms with Gasteiger partial charge in [0.2, 0.25) is 10.0 Å². The number of ether oxygens (including phenoxy) is 6. The topological polar surface area (TPSA) is 207 Å². The highest BCUT2D eigenvalue weighted by Crippen LogP contribution is 2.44. The lowest BCUT2D eigenvalue weighted by Gasteiger charge is -2.41. The van der Waals surface area contributed by atoms with Crippen molar-refractivity contribution in [2.45, 2.75) is 143 Å². The lowest BCUT2D eigenvalue weighted by Crippen LogP contribution is -2.51. The Kier molecular flexibility index (Phi) is 27.9. The van der Waals surface area contributed by atoms with Crippen molar-refractivity contribution in [3.05, 3.63) is 116 Å². The summed E-state index contributed by atoms with van der Waals surface area (Å²) in [6.45, 7) is 11.4. The number of ketones is 1. The number of carbonyl (C=O) groups excluding carboxylic acids is 2. The average molecular weight is 1330 g/mol. The standard InChI is InChI=1S/C67H97Cl2N7O12S2/c1-48-40-50(68)42-61-59(48)44-63(75-29-10-14-52(46-75)73(3)4)65(61)87-55-18-22-57(23-19-55)89(79,80)39-13-32-84-36-37-85-33-27-71-67(78)70-26-9-7-8-16-54(77)17-12-31-83-35-38-86-34-28-72-90(81,82)58-24-20-56(21-25-58)88-66-62-43-51(69)41-49(2)60(62)45-64(66)76-30-11-15-53(47-76)74(5)6/h18-25,40-43,52-53,63-66,72H,7-17,26-39,44-47H2,1-6H3,(H2,70,71,78)/t52-,53-,63+,64+,65+,66+/m1/s1. The number of unbranched alkanes of at least 4 members (excludes halogenated alkanes) is 2. The van der Waals surface area contributed by atoms with Crippen LogP contribution in [0, 0.1) is 13.8 Å². The molecule has 2 saturated heterocycles. The Labute approximate surface area is 545 Å². The molecule has 3 N–H and O–H groups in total. The Hall–Kier alpha value is -4.46. The van der Waals surface area contributed by atoms with Gasteiger partial charge in [0.05, 0.1) is 67.3 Å². The second kappa shape index (κ2) is 35.2. The SMILES string of the molecule is Cc1cc(Cl)cc2c1C[C@H](N1CCC[C@@H](N(C)C)C1)[C@H]2Oc1ccc(S(=O)(=O)CCCOCCOCCNC(=O)NCCCCCC(=O)CCCOCCOCCNS(=O)(=O)c2ccc(O[C@H]3c4cc(Cl)cc(C)c4C[C@@H]3N3CCC[C@@H](N(C)C)C3)cc2)cc1. The van der Waals surface area contributed by atoms with Crippen LogP contribution < -0.4 is 24.8 Å². The number of benzene rings is 4. The molecule has 8 rings (SSSR count). The molecule has 2 aliphatic carbocycles. The summed E-state index contributed by atoms with van der Waals surface area (Å²) in [5.74, 6) is 1.33. The third-order valence-corrected chi connectivity index (χ3v) is 21.6. The fraction of sp³-hybridized carbons (Fsp3) is 0.612. The minimum absolute atomic E-state index is 0.0531. The molecule has 4 aromatic carbocycles. The van der Waals surface area contributed by atoms with Gasteiger partial charge in [-0.2, -0.15) is 0 Å². The average Bonchev–Trinajstić information content (AvgIpc) is 1.63. The Morgan fingerprint density at radius 2 is 1.02 bits per heavy atom. The van der Waals surface area contributed by atoms with Gasteiger partial charge >= 0.3 is 6.03 Å². The van der Waals surface area contributed by atoms with Crippen molar-refractivity contribution >= 4 is 54.9 Å². The highest BCUT2D eigenvalue weighted by Gasteiger charge is 2.43. The summed E-state index contributed by atoms with van der Waals surface area (Å²) in [7, 11) is 1.24. The van der Waals surface area contributed by atoms with E-state index in [4.69, 9.17) is 51.6 Å². The summed E-state index contributed by atoms with van der Waals surface area (Å²) in [6.07, 6.45) is 10.00. The van der Waals surface area contributed by atoms with Gasteiger partial charge in [0.15, 0.2) is 9.84 Å². The quantitative estimate of drug-likeness (QED) is 0.0360. The van der Waals surface area contributed by atoms with Crippen LogP contribution in [0.3, 0.4) is 0 Å². The summed E-state index contributed by atoms with van der Waals surface area (Å²) < 4.78 is 91.2. The maximum atomic E-state index is 13.2. The highest BCUT2D eigenvalue weighted by atomic mass is 35.5. The molecule has 6 atom stereocenters.